The van der Waals surface area contributed by atoms with Crippen molar-refractivity contribution in [2.45, 2.75) is 57.7 Å². The van der Waals surface area contributed by atoms with E-state index in [1.807, 2.05) is 0 Å². The van der Waals surface area contributed by atoms with Crippen molar-refractivity contribution >= 4 is 17.8 Å². The van der Waals surface area contributed by atoms with Crippen molar-refractivity contribution in [2.75, 3.05) is 13.1 Å². The molecule has 0 radical (unpaired) electrons. The summed E-state index contributed by atoms with van der Waals surface area (Å²) in [6, 6.07) is -0.508. The summed E-state index contributed by atoms with van der Waals surface area (Å²) >= 11 is 0. The Morgan fingerprint density at radius 1 is 1.28 bits per heavy atom. The van der Waals surface area contributed by atoms with Crippen LogP contribution in [0.4, 0.5) is 13.2 Å². The van der Waals surface area contributed by atoms with Crippen molar-refractivity contribution in [2.24, 2.45) is 11.3 Å². The molecule has 1 heterocycles. The third kappa shape index (κ3) is 4.07. The number of halogens is 3. The van der Waals surface area contributed by atoms with Crippen LogP contribution in [0.25, 0.3) is 0 Å². The molecular formula is C16H23F3N2O4. The van der Waals surface area contributed by atoms with Crippen molar-refractivity contribution in [3.05, 3.63) is 0 Å². The van der Waals surface area contributed by atoms with E-state index in [0.29, 0.717) is 0 Å². The van der Waals surface area contributed by atoms with Crippen LogP contribution in [0.5, 0.6) is 0 Å². The number of likely N-dealkylation sites (tertiary alicyclic amines) is 1. The van der Waals surface area contributed by atoms with Crippen LogP contribution in [0.2, 0.25) is 0 Å². The number of carbonyl (C=O) groups excluding carboxylic acids is 2. The number of aliphatic carboxylic acids is 1. The number of amides is 2. The van der Waals surface area contributed by atoms with E-state index in [4.69, 9.17) is 5.11 Å². The lowest BCUT2D eigenvalue weighted by Crippen LogP contribution is -2.48. The smallest absolute Gasteiger partial charge is 0.406 e. The second-order valence-electron chi connectivity index (χ2n) is 7.05. The predicted octanol–water partition coefficient (Wildman–Crippen LogP) is 1.94. The molecule has 1 saturated heterocycles. The summed E-state index contributed by atoms with van der Waals surface area (Å²) in [7, 11) is 0. The molecule has 0 aromatic carbocycles. The molecule has 1 aliphatic heterocycles. The number of carboxylic acids is 1. The average Bonchev–Trinajstić information content (AvgIpc) is 3.16. The minimum absolute atomic E-state index is 0.0609. The second kappa shape index (κ2) is 7.21. The Bertz CT molecular complexity index is 546. The van der Waals surface area contributed by atoms with E-state index in [1.165, 1.54) is 0 Å². The van der Waals surface area contributed by atoms with Crippen molar-refractivity contribution < 1.29 is 32.7 Å². The second-order valence-corrected chi connectivity index (χ2v) is 7.05. The summed E-state index contributed by atoms with van der Waals surface area (Å²) in [6.07, 6.45) is -2.11. The fourth-order valence-electron chi connectivity index (χ4n) is 3.54. The lowest BCUT2D eigenvalue weighted by molar-refractivity contribution is -0.227. The number of hydrogen-bond donors (Lipinski definition) is 2. The van der Waals surface area contributed by atoms with Gasteiger partial charge in [0.2, 0.25) is 11.8 Å². The number of carboxylic acid groups (broad SMARTS) is 1. The van der Waals surface area contributed by atoms with Crippen molar-refractivity contribution in [1.29, 1.82) is 0 Å². The summed E-state index contributed by atoms with van der Waals surface area (Å²) < 4.78 is 39.4. The average molecular weight is 364 g/mol. The van der Waals surface area contributed by atoms with E-state index in [0.717, 1.165) is 30.6 Å². The Balaban J connectivity index is 1.91. The maximum absolute atomic E-state index is 13.1. The Morgan fingerprint density at radius 2 is 1.88 bits per heavy atom. The quantitative estimate of drug-likeness (QED) is 0.781. The van der Waals surface area contributed by atoms with Gasteiger partial charge >= 0.3 is 12.1 Å². The largest absolute Gasteiger partial charge is 0.481 e. The third-order valence-electron chi connectivity index (χ3n) is 5.17. The van der Waals surface area contributed by atoms with Crippen molar-refractivity contribution in [1.82, 2.24) is 10.2 Å². The molecule has 0 spiro atoms. The van der Waals surface area contributed by atoms with Gasteiger partial charge in [0, 0.05) is 31.5 Å². The highest BCUT2D eigenvalue weighted by Gasteiger charge is 2.64. The van der Waals surface area contributed by atoms with Crippen molar-refractivity contribution in [3.63, 3.8) is 0 Å². The van der Waals surface area contributed by atoms with Crippen LogP contribution in [-0.4, -0.2) is 53.1 Å². The van der Waals surface area contributed by atoms with E-state index in [-0.39, 0.29) is 24.8 Å². The maximum atomic E-state index is 13.1. The first-order valence-corrected chi connectivity index (χ1v) is 8.45. The zero-order valence-corrected chi connectivity index (χ0v) is 14.1. The summed E-state index contributed by atoms with van der Waals surface area (Å²) in [6.45, 7) is 0.483. The van der Waals surface area contributed by atoms with E-state index in [1.54, 1.807) is 6.92 Å². The molecule has 2 rings (SSSR count). The molecule has 0 aromatic heterocycles. The van der Waals surface area contributed by atoms with Crippen LogP contribution in [0.1, 0.15) is 45.4 Å². The minimum atomic E-state index is -4.92. The van der Waals surface area contributed by atoms with Gasteiger partial charge in [-0.05, 0) is 26.2 Å². The SMILES string of the molecule is CC(CC(=O)N1CCC(C(=O)O)(C(F)(F)F)C1)NC(=O)C1CCCC1. The zero-order chi connectivity index (χ0) is 18.8. The van der Waals surface area contributed by atoms with Gasteiger partial charge < -0.3 is 15.3 Å². The van der Waals surface area contributed by atoms with Gasteiger partial charge in [-0.3, -0.25) is 14.4 Å². The lowest BCUT2D eigenvalue weighted by atomic mass is 9.86. The van der Waals surface area contributed by atoms with Crippen molar-refractivity contribution in [3.8, 4) is 0 Å². The first kappa shape index (κ1) is 19.5. The molecule has 142 valence electrons. The zero-order valence-electron chi connectivity index (χ0n) is 14.1. The highest BCUT2D eigenvalue weighted by molar-refractivity contribution is 5.83. The summed E-state index contributed by atoms with van der Waals surface area (Å²) in [5.41, 5.74) is -2.90. The van der Waals surface area contributed by atoms with Gasteiger partial charge in [-0.25, -0.2) is 0 Å². The van der Waals surface area contributed by atoms with Gasteiger partial charge in [0.15, 0.2) is 5.41 Å². The van der Waals surface area contributed by atoms with Crippen LogP contribution >= 0.6 is 0 Å². The maximum Gasteiger partial charge on any atom is 0.406 e. The van der Waals surface area contributed by atoms with E-state index < -0.39 is 42.5 Å². The molecule has 9 heteroatoms. The van der Waals surface area contributed by atoms with E-state index >= 15 is 0 Å². The Kier molecular flexibility index (Phi) is 5.63. The van der Waals surface area contributed by atoms with Gasteiger partial charge in [-0.1, -0.05) is 12.8 Å². The minimum Gasteiger partial charge on any atom is -0.481 e. The van der Waals surface area contributed by atoms with E-state index in [2.05, 4.69) is 5.32 Å². The van der Waals surface area contributed by atoms with Gasteiger partial charge in [0.1, 0.15) is 0 Å². The molecule has 1 saturated carbocycles. The molecule has 2 aliphatic rings. The third-order valence-corrected chi connectivity index (χ3v) is 5.17. The molecule has 1 aliphatic carbocycles. The fraction of sp³-hybridized carbons (Fsp3) is 0.812. The Labute approximate surface area is 143 Å². The summed E-state index contributed by atoms with van der Waals surface area (Å²) in [5, 5.41) is 11.7. The number of alkyl halides is 3. The molecule has 25 heavy (non-hydrogen) atoms. The number of nitrogens with zero attached hydrogens (tertiary/aromatic N) is 1. The molecular weight excluding hydrogens is 341 g/mol. The number of carbonyl (C=O) groups is 3. The first-order valence-electron chi connectivity index (χ1n) is 8.45. The van der Waals surface area contributed by atoms with Crippen LogP contribution < -0.4 is 5.32 Å². The topological polar surface area (TPSA) is 86.7 Å². The van der Waals surface area contributed by atoms with Crippen LogP contribution in [0.15, 0.2) is 0 Å². The standard InChI is InChI=1S/C16H23F3N2O4/c1-10(20-13(23)11-4-2-3-5-11)8-12(22)21-7-6-15(9-21,14(24)25)16(17,18)19/h10-11H,2-9H2,1H3,(H,20,23)(H,24,25). The van der Waals surface area contributed by atoms with Crippen LogP contribution in [0.3, 0.4) is 0 Å². The summed E-state index contributed by atoms with van der Waals surface area (Å²) in [4.78, 5) is 36.3. The molecule has 0 aromatic rings. The predicted molar refractivity (Wildman–Crippen MR) is 81.5 cm³/mol. The highest BCUT2D eigenvalue weighted by atomic mass is 19.4. The number of hydrogen-bond acceptors (Lipinski definition) is 3. The van der Waals surface area contributed by atoms with Gasteiger partial charge in [-0.2, -0.15) is 13.2 Å². The van der Waals surface area contributed by atoms with Gasteiger partial charge in [-0.15, -0.1) is 0 Å². The van der Waals surface area contributed by atoms with Gasteiger partial charge in [0.25, 0.3) is 0 Å². The highest BCUT2D eigenvalue weighted by Crippen LogP contribution is 2.45. The number of nitrogens with one attached hydrogen (secondary N) is 1. The Hall–Kier alpha value is -1.80. The van der Waals surface area contributed by atoms with Gasteiger partial charge in [0.05, 0.1) is 0 Å². The first-order chi connectivity index (χ1) is 11.6. The summed E-state index contributed by atoms with van der Waals surface area (Å²) in [5.74, 6) is -2.73. The molecule has 2 amide bonds. The molecule has 2 fully saturated rings. The molecule has 0 bridgehead atoms. The number of rotatable bonds is 5. The molecule has 2 atom stereocenters. The molecule has 2 N–H and O–H groups in total. The van der Waals surface area contributed by atoms with Crippen LogP contribution in [0, 0.1) is 11.3 Å². The fourth-order valence-corrected chi connectivity index (χ4v) is 3.54. The normalized spacial score (nSPS) is 25.8. The van der Waals surface area contributed by atoms with Crippen LogP contribution in [-0.2, 0) is 14.4 Å². The molecule has 6 nitrogen and oxygen atoms in total. The lowest BCUT2D eigenvalue weighted by Gasteiger charge is -2.27. The Morgan fingerprint density at radius 3 is 2.36 bits per heavy atom. The molecule has 2 unspecified atom stereocenters. The van der Waals surface area contributed by atoms with E-state index in [9.17, 15) is 27.6 Å². The monoisotopic (exact) mass is 364 g/mol.